The van der Waals surface area contributed by atoms with Gasteiger partial charge >= 0.3 is 0 Å². The normalized spacial score (nSPS) is 18.6. The van der Waals surface area contributed by atoms with Gasteiger partial charge in [-0.1, -0.05) is 6.07 Å². The number of halogens is 3. The SMILES string of the molecule is C[C@H]1[C@H](Oc2ccc(Br)cn2)CCCN1C(=O)c1cccc(F)c1-c1ncc(F)cn1. The van der Waals surface area contributed by atoms with Gasteiger partial charge in [0.05, 0.1) is 29.6 Å². The highest BCUT2D eigenvalue weighted by atomic mass is 79.9. The third kappa shape index (κ3) is 4.56. The van der Waals surface area contributed by atoms with Crippen molar-refractivity contribution in [3.63, 3.8) is 0 Å². The van der Waals surface area contributed by atoms with E-state index in [1.165, 1.54) is 18.2 Å². The maximum atomic E-state index is 14.7. The topological polar surface area (TPSA) is 68.2 Å². The van der Waals surface area contributed by atoms with Crippen LogP contribution in [0.2, 0.25) is 0 Å². The van der Waals surface area contributed by atoms with Crippen molar-refractivity contribution in [1.82, 2.24) is 19.9 Å². The number of hydrogen-bond donors (Lipinski definition) is 0. The standard InChI is InChI=1S/C22H19BrF2N4O2/c1-13-18(31-19-8-7-14(23)10-26-19)6-3-9-29(13)22(30)16-4-2-5-17(25)20(16)21-27-11-15(24)12-28-21/h2,4-5,7-8,10-13,18H,3,6,9H2,1H3/t13-,18+/m0/s1. The molecule has 0 bridgehead atoms. The monoisotopic (exact) mass is 488 g/mol. The van der Waals surface area contributed by atoms with Gasteiger partial charge in [0.2, 0.25) is 5.88 Å². The first-order valence-corrected chi connectivity index (χ1v) is 10.6. The smallest absolute Gasteiger partial charge is 0.255 e. The molecular weight excluding hydrogens is 470 g/mol. The van der Waals surface area contributed by atoms with Crippen molar-refractivity contribution in [2.45, 2.75) is 31.9 Å². The number of likely N-dealkylation sites (tertiary alicyclic amines) is 1. The number of benzene rings is 1. The van der Waals surface area contributed by atoms with Crippen LogP contribution in [0.25, 0.3) is 11.4 Å². The van der Waals surface area contributed by atoms with Gasteiger partial charge in [-0.2, -0.15) is 0 Å². The summed E-state index contributed by atoms with van der Waals surface area (Å²) in [7, 11) is 0. The number of ether oxygens (including phenoxy) is 1. The summed E-state index contributed by atoms with van der Waals surface area (Å²) in [5, 5.41) is 0. The number of aromatic nitrogens is 3. The molecule has 2 atom stereocenters. The van der Waals surface area contributed by atoms with Crippen LogP contribution >= 0.6 is 15.9 Å². The number of pyridine rings is 1. The quantitative estimate of drug-likeness (QED) is 0.534. The maximum absolute atomic E-state index is 14.7. The largest absolute Gasteiger partial charge is 0.472 e. The van der Waals surface area contributed by atoms with Crippen molar-refractivity contribution >= 4 is 21.8 Å². The van der Waals surface area contributed by atoms with Crippen LogP contribution in [0, 0.1) is 11.6 Å². The molecule has 160 valence electrons. The van der Waals surface area contributed by atoms with Crippen molar-refractivity contribution in [3.8, 4) is 17.3 Å². The van der Waals surface area contributed by atoms with Crippen LogP contribution in [0.1, 0.15) is 30.1 Å². The molecule has 3 heterocycles. The third-order valence-electron chi connectivity index (χ3n) is 5.24. The molecule has 1 amide bonds. The van der Waals surface area contributed by atoms with E-state index in [1.54, 1.807) is 17.2 Å². The Balaban J connectivity index is 1.61. The van der Waals surface area contributed by atoms with Gasteiger partial charge < -0.3 is 9.64 Å². The minimum atomic E-state index is -0.644. The van der Waals surface area contributed by atoms with E-state index < -0.39 is 11.6 Å². The van der Waals surface area contributed by atoms with Crippen molar-refractivity contribution < 1.29 is 18.3 Å². The lowest BCUT2D eigenvalue weighted by molar-refractivity contribution is 0.0266. The molecule has 31 heavy (non-hydrogen) atoms. The van der Waals surface area contributed by atoms with Gasteiger partial charge in [-0.15, -0.1) is 0 Å². The van der Waals surface area contributed by atoms with Crippen molar-refractivity contribution in [2.24, 2.45) is 0 Å². The summed E-state index contributed by atoms with van der Waals surface area (Å²) in [6.07, 6.45) is 4.77. The zero-order valence-corrected chi connectivity index (χ0v) is 18.2. The highest BCUT2D eigenvalue weighted by Gasteiger charge is 2.34. The number of amides is 1. The fraction of sp³-hybridized carbons (Fsp3) is 0.273. The average molecular weight is 489 g/mol. The van der Waals surface area contributed by atoms with Crippen LogP contribution in [0.3, 0.4) is 0 Å². The fourth-order valence-electron chi connectivity index (χ4n) is 3.67. The Hall–Kier alpha value is -2.94. The summed E-state index contributed by atoms with van der Waals surface area (Å²) < 4.78 is 34.8. The fourth-order valence-corrected chi connectivity index (χ4v) is 3.90. The predicted molar refractivity (Wildman–Crippen MR) is 113 cm³/mol. The van der Waals surface area contributed by atoms with Crippen LogP contribution in [0.5, 0.6) is 5.88 Å². The van der Waals surface area contributed by atoms with E-state index in [4.69, 9.17) is 4.74 Å². The van der Waals surface area contributed by atoms with Crippen molar-refractivity contribution in [2.75, 3.05) is 6.54 Å². The second-order valence-electron chi connectivity index (χ2n) is 7.24. The highest BCUT2D eigenvalue weighted by molar-refractivity contribution is 9.10. The molecule has 4 rings (SSSR count). The molecule has 2 aromatic heterocycles. The van der Waals surface area contributed by atoms with Gasteiger partial charge in [0.15, 0.2) is 11.6 Å². The number of carbonyl (C=O) groups excluding carboxylic acids is 1. The second kappa shape index (κ2) is 9.05. The average Bonchev–Trinajstić information content (AvgIpc) is 2.77. The molecule has 1 saturated heterocycles. The van der Waals surface area contributed by atoms with E-state index >= 15 is 0 Å². The molecule has 6 nitrogen and oxygen atoms in total. The zero-order chi connectivity index (χ0) is 22.0. The summed E-state index contributed by atoms with van der Waals surface area (Å²) in [5.74, 6) is -1.21. The summed E-state index contributed by atoms with van der Waals surface area (Å²) in [6, 6.07) is 7.54. The molecule has 1 fully saturated rings. The number of carbonyl (C=O) groups is 1. The number of piperidine rings is 1. The van der Waals surface area contributed by atoms with Crippen LogP contribution in [0.4, 0.5) is 8.78 Å². The molecule has 0 aliphatic carbocycles. The first-order chi connectivity index (χ1) is 14.9. The molecule has 1 aliphatic rings. The van der Waals surface area contributed by atoms with Crippen LogP contribution < -0.4 is 4.74 Å². The van der Waals surface area contributed by atoms with Gasteiger partial charge in [0, 0.05) is 23.3 Å². The van der Waals surface area contributed by atoms with E-state index in [-0.39, 0.29) is 35.0 Å². The Morgan fingerprint density at radius 3 is 2.61 bits per heavy atom. The lowest BCUT2D eigenvalue weighted by Gasteiger charge is -2.39. The first-order valence-electron chi connectivity index (χ1n) is 9.79. The van der Waals surface area contributed by atoms with E-state index in [0.29, 0.717) is 12.4 Å². The minimum absolute atomic E-state index is 0.0422. The van der Waals surface area contributed by atoms with Crippen LogP contribution in [0.15, 0.2) is 53.4 Å². The van der Waals surface area contributed by atoms with Gasteiger partial charge in [-0.05, 0) is 53.9 Å². The predicted octanol–water partition coefficient (Wildman–Crippen LogP) is 4.65. The number of nitrogens with zero attached hydrogens (tertiary/aromatic N) is 4. The Kier molecular flexibility index (Phi) is 6.22. The molecule has 1 aliphatic heterocycles. The van der Waals surface area contributed by atoms with Gasteiger partial charge in [0.1, 0.15) is 11.9 Å². The summed E-state index contributed by atoms with van der Waals surface area (Å²) in [4.78, 5) is 27.0. The molecular formula is C22H19BrF2N4O2. The minimum Gasteiger partial charge on any atom is -0.472 e. The summed E-state index contributed by atoms with van der Waals surface area (Å²) in [5.41, 5.74) is 0.0817. The van der Waals surface area contributed by atoms with Gasteiger partial charge in [-0.25, -0.2) is 23.7 Å². The molecule has 0 radical (unpaired) electrons. The Morgan fingerprint density at radius 1 is 1.13 bits per heavy atom. The van der Waals surface area contributed by atoms with E-state index in [0.717, 1.165) is 29.7 Å². The lowest BCUT2D eigenvalue weighted by atomic mass is 9.97. The Morgan fingerprint density at radius 2 is 1.90 bits per heavy atom. The molecule has 0 spiro atoms. The molecule has 1 aromatic carbocycles. The molecule has 0 saturated carbocycles. The summed E-state index contributed by atoms with van der Waals surface area (Å²) in [6.45, 7) is 2.40. The summed E-state index contributed by atoms with van der Waals surface area (Å²) >= 11 is 3.34. The zero-order valence-electron chi connectivity index (χ0n) is 16.6. The molecule has 3 aromatic rings. The van der Waals surface area contributed by atoms with E-state index in [2.05, 4.69) is 30.9 Å². The van der Waals surface area contributed by atoms with Crippen LogP contribution in [-0.4, -0.2) is 44.4 Å². The molecule has 9 heteroatoms. The van der Waals surface area contributed by atoms with Crippen LogP contribution in [-0.2, 0) is 0 Å². The van der Waals surface area contributed by atoms with Crippen molar-refractivity contribution in [3.05, 3.63) is 70.6 Å². The lowest BCUT2D eigenvalue weighted by Crippen LogP contribution is -2.51. The van der Waals surface area contributed by atoms with Gasteiger partial charge in [-0.3, -0.25) is 4.79 Å². The molecule has 0 unspecified atom stereocenters. The van der Waals surface area contributed by atoms with E-state index in [1.807, 2.05) is 13.0 Å². The van der Waals surface area contributed by atoms with Crippen molar-refractivity contribution in [1.29, 1.82) is 0 Å². The van der Waals surface area contributed by atoms with Gasteiger partial charge in [0.25, 0.3) is 5.91 Å². The first kappa shape index (κ1) is 21.3. The number of rotatable bonds is 4. The Bertz CT molecular complexity index is 1080. The van der Waals surface area contributed by atoms with E-state index in [9.17, 15) is 13.6 Å². The highest BCUT2D eigenvalue weighted by Crippen LogP contribution is 2.29. The maximum Gasteiger partial charge on any atom is 0.255 e. The number of hydrogen-bond acceptors (Lipinski definition) is 5. The third-order valence-corrected chi connectivity index (χ3v) is 5.71. The molecule has 0 N–H and O–H groups in total. The Labute approximate surface area is 186 Å². The second-order valence-corrected chi connectivity index (χ2v) is 8.16.